The molecule has 0 atom stereocenters. The van der Waals surface area contributed by atoms with Crippen LogP contribution in [0.15, 0.2) is 18.2 Å². The number of hydrogen-bond acceptors (Lipinski definition) is 2. The van der Waals surface area contributed by atoms with Crippen molar-refractivity contribution in [2.24, 2.45) is 5.73 Å². The van der Waals surface area contributed by atoms with Crippen molar-refractivity contribution in [2.75, 3.05) is 13.6 Å². The van der Waals surface area contributed by atoms with Crippen molar-refractivity contribution in [1.29, 1.82) is 0 Å². The van der Waals surface area contributed by atoms with Gasteiger partial charge in [0.15, 0.2) is 0 Å². The molecule has 0 fully saturated rings. The fourth-order valence-electron chi connectivity index (χ4n) is 1.65. The fourth-order valence-corrected chi connectivity index (χ4v) is 1.65. The third-order valence-electron chi connectivity index (χ3n) is 3.44. The molecule has 0 amide bonds. The number of hydrogen-bond donors (Lipinski definition) is 1. The molecule has 2 heteroatoms. The Bertz CT molecular complexity index is 356. The Balaban J connectivity index is 2.81. The Labute approximate surface area is 99.5 Å². The predicted octanol–water partition coefficient (Wildman–Crippen LogP) is 2.47. The summed E-state index contributed by atoms with van der Waals surface area (Å²) < 4.78 is 0. The highest BCUT2D eigenvalue weighted by molar-refractivity contribution is 5.30. The lowest BCUT2D eigenvalue weighted by molar-refractivity contribution is 0.155. The molecule has 16 heavy (non-hydrogen) atoms. The number of rotatable bonds is 4. The minimum atomic E-state index is 0.0529. The normalized spacial score (nSPS) is 12.2. The van der Waals surface area contributed by atoms with Crippen LogP contribution in [-0.2, 0) is 6.54 Å². The van der Waals surface area contributed by atoms with Gasteiger partial charge in [-0.3, -0.25) is 4.90 Å². The van der Waals surface area contributed by atoms with Gasteiger partial charge in [-0.2, -0.15) is 0 Å². The lowest BCUT2D eigenvalue weighted by atomic mass is 10.0. The van der Waals surface area contributed by atoms with Gasteiger partial charge in [-0.25, -0.2) is 0 Å². The third-order valence-corrected chi connectivity index (χ3v) is 3.44. The molecule has 2 nitrogen and oxygen atoms in total. The summed E-state index contributed by atoms with van der Waals surface area (Å²) in [5, 5.41) is 0. The maximum Gasteiger partial charge on any atom is 0.0275 e. The Hall–Kier alpha value is -0.860. The first-order valence-corrected chi connectivity index (χ1v) is 5.84. The highest BCUT2D eigenvalue weighted by Crippen LogP contribution is 2.17. The van der Waals surface area contributed by atoms with Crippen molar-refractivity contribution >= 4 is 0 Å². The monoisotopic (exact) mass is 220 g/mol. The molecule has 0 aliphatic rings. The van der Waals surface area contributed by atoms with E-state index < -0.39 is 0 Å². The summed E-state index contributed by atoms with van der Waals surface area (Å²) in [5.74, 6) is 0. The number of aryl methyl sites for hydroxylation is 2. The molecule has 90 valence electrons. The largest absolute Gasteiger partial charge is 0.329 e. The SMILES string of the molecule is Cc1ccc(CN(C)C(C)(C)CN)c(C)c1. The van der Waals surface area contributed by atoms with Crippen molar-refractivity contribution in [1.82, 2.24) is 4.90 Å². The van der Waals surface area contributed by atoms with Crippen LogP contribution in [0.2, 0.25) is 0 Å². The minimum Gasteiger partial charge on any atom is -0.329 e. The smallest absolute Gasteiger partial charge is 0.0275 e. The Morgan fingerprint density at radius 1 is 1.25 bits per heavy atom. The van der Waals surface area contributed by atoms with Crippen LogP contribution in [-0.4, -0.2) is 24.0 Å². The molecule has 0 saturated carbocycles. The van der Waals surface area contributed by atoms with E-state index in [9.17, 15) is 0 Å². The summed E-state index contributed by atoms with van der Waals surface area (Å²) in [6.45, 7) is 10.3. The summed E-state index contributed by atoms with van der Waals surface area (Å²) in [6.07, 6.45) is 0. The van der Waals surface area contributed by atoms with Crippen molar-refractivity contribution in [3.05, 3.63) is 34.9 Å². The average Bonchev–Trinajstić information content (AvgIpc) is 2.22. The summed E-state index contributed by atoms with van der Waals surface area (Å²) in [7, 11) is 2.13. The van der Waals surface area contributed by atoms with E-state index >= 15 is 0 Å². The van der Waals surface area contributed by atoms with Crippen LogP contribution in [0.25, 0.3) is 0 Å². The van der Waals surface area contributed by atoms with Gasteiger partial charge in [-0.15, -0.1) is 0 Å². The molecule has 0 aliphatic carbocycles. The second kappa shape index (κ2) is 4.98. The zero-order valence-corrected chi connectivity index (χ0v) is 11.2. The number of nitrogens with zero attached hydrogens (tertiary/aromatic N) is 1. The Kier molecular flexibility index (Phi) is 4.11. The molecule has 0 aliphatic heterocycles. The molecule has 0 aromatic heterocycles. The standard InChI is InChI=1S/C14H24N2/c1-11-6-7-13(12(2)8-11)9-16(5)14(3,4)10-15/h6-8H,9-10,15H2,1-5H3. The van der Waals surface area contributed by atoms with E-state index in [2.05, 4.69) is 57.8 Å². The first kappa shape index (κ1) is 13.2. The molecule has 0 heterocycles. The quantitative estimate of drug-likeness (QED) is 0.844. The average molecular weight is 220 g/mol. The second-order valence-corrected chi connectivity index (χ2v) is 5.30. The van der Waals surface area contributed by atoms with E-state index in [1.165, 1.54) is 16.7 Å². The van der Waals surface area contributed by atoms with Crippen molar-refractivity contribution in [3.8, 4) is 0 Å². The minimum absolute atomic E-state index is 0.0529. The zero-order valence-electron chi connectivity index (χ0n) is 11.2. The molecule has 0 unspecified atom stereocenters. The lowest BCUT2D eigenvalue weighted by Crippen LogP contribution is -2.46. The van der Waals surface area contributed by atoms with Crippen LogP contribution < -0.4 is 5.73 Å². The fraction of sp³-hybridized carbons (Fsp3) is 0.571. The predicted molar refractivity (Wildman–Crippen MR) is 70.5 cm³/mol. The Morgan fingerprint density at radius 3 is 2.38 bits per heavy atom. The molecular weight excluding hydrogens is 196 g/mol. The molecule has 0 saturated heterocycles. The molecule has 2 N–H and O–H groups in total. The molecule has 1 rings (SSSR count). The van der Waals surface area contributed by atoms with E-state index in [4.69, 9.17) is 5.73 Å². The summed E-state index contributed by atoms with van der Waals surface area (Å²) >= 11 is 0. The van der Waals surface area contributed by atoms with Crippen LogP contribution in [0.5, 0.6) is 0 Å². The van der Waals surface area contributed by atoms with Crippen LogP contribution >= 0.6 is 0 Å². The number of benzene rings is 1. The van der Waals surface area contributed by atoms with Gasteiger partial charge in [0.2, 0.25) is 0 Å². The first-order chi connectivity index (χ1) is 7.36. The molecule has 0 spiro atoms. The van der Waals surface area contributed by atoms with E-state index in [0.717, 1.165) is 6.54 Å². The third kappa shape index (κ3) is 3.06. The van der Waals surface area contributed by atoms with Crippen molar-refractivity contribution in [3.63, 3.8) is 0 Å². The van der Waals surface area contributed by atoms with Gasteiger partial charge in [0.1, 0.15) is 0 Å². The number of nitrogens with two attached hydrogens (primary N) is 1. The van der Waals surface area contributed by atoms with Gasteiger partial charge < -0.3 is 5.73 Å². The summed E-state index contributed by atoms with van der Waals surface area (Å²) in [5.41, 5.74) is 9.90. The van der Waals surface area contributed by atoms with Gasteiger partial charge in [-0.05, 0) is 45.9 Å². The van der Waals surface area contributed by atoms with E-state index in [0.29, 0.717) is 6.54 Å². The molecule has 1 aromatic rings. The van der Waals surface area contributed by atoms with Crippen molar-refractivity contribution < 1.29 is 0 Å². The van der Waals surface area contributed by atoms with Crippen LogP contribution in [0.4, 0.5) is 0 Å². The van der Waals surface area contributed by atoms with Gasteiger partial charge >= 0.3 is 0 Å². The molecule has 1 aromatic carbocycles. The van der Waals surface area contributed by atoms with Gasteiger partial charge in [0.25, 0.3) is 0 Å². The van der Waals surface area contributed by atoms with Crippen LogP contribution in [0.1, 0.15) is 30.5 Å². The van der Waals surface area contributed by atoms with Crippen LogP contribution in [0, 0.1) is 13.8 Å². The maximum atomic E-state index is 5.78. The van der Waals surface area contributed by atoms with Gasteiger partial charge in [-0.1, -0.05) is 23.8 Å². The first-order valence-electron chi connectivity index (χ1n) is 5.84. The second-order valence-electron chi connectivity index (χ2n) is 5.30. The van der Waals surface area contributed by atoms with Crippen LogP contribution in [0.3, 0.4) is 0 Å². The zero-order chi connectivity index (χ0) is 12.3. The summed E-state index contributed by atoms with van der Waals surface area (Å²) in [4.78, 5) is 2.31. The lowest BCUT2D eigenvalue weighted by Gasteiger charge is -2.34. The summed E-state index contributed by atoms with van der Waals surface area (Å²) in [6, 6.07) is 6.62. The van der Waals surface area contributed by atoms with E-state index in [1.54, 1.807) is 0 Å². The van der Waals surface area contributed by atoms with Gasteiger partial charge in [0, 0.05) is 18.6 Å². The topological polar surface area (TPSA) is 29.3 Å². The highest BCUT2D eigenvalue weighted by atomic mass is 15.2. The maximum absolute atomic E-state index is 5.78. The molecule has 0 radical (unpaired) electrons. The molecular formula is C14H24N2. The highest BCUT2D eigenvalue weighted by Gasteiger charge is 2.21. The number of likely N-dealkylation sites (N-methyl/N-ethyl adjacent to an activating group) is 1. The van der Waals surface area contributed by atoms with E-state index in [-0.39, 0.29) is 5.54 Å². The Morgan fingerprint density at radius 2 is 1.88 bits per heavy atom. The van der Waals surface area contributed by atoms with E-state index in [1.807, 2.05) is 0 Å². The van der Waals surface area contributed by atoms with Crippen molar-refractivity contribution in [2.45, 2.75) is 39.8 Å². The van der Waals surface area contributed by atoms with Gasteiger partial charge in [0.05, 0.1) is 0 Å². The molecule has 0 bridgehead atoms.